The summed E-state index contributed by atoms with van der Waals surface area (Å²) < 4.78 is 0. The molecule has 0 radical (unpaired) electrons. The van der Waals surface area contributed by atoms with E-state index in [1.807, 2.05) is 0 Å². The Balaban J connectivity index is 1.44. The molecule has 1 aromatic carbocycles. The fourth-order valence-corrected chi connectivity index (χ4v) is 4.39. The van der Waals surface area contributed by atoms with Crippen LogP contribution < -0.4 is 4.90 Å². The number of hydrogen-bond acceptors (Lipinski definition) is 3. The van der Waals surface area contributed by atoms with Crippen LogP contribution in [0.1, 0.15) is 43.2 Å². The van der Waals surface area contributed by atoms with Gasteiger partial charge in [0.05, 0.1) is 0 Å². The van der Waals surface area contributed by atoms with E-state index in [4.69, 9.17) is 0 Å². The van der Waals surface area contributed by atoms with Crippen molar-refractivity contribution in [2.45, 2.75) is 51.2 Å². The standard InChI is InChI=1S/C20H32N2S/c1-16-4-3-5-20(17(16)2)22-14-12-21(13-15-22)11-10-18-6-8-19(23)9-7-18/h3-5,18-19,23H,6-15H2,1-2H3. The van der Waals surface area contributed by atoms with Gasteiger partial charge in [0.2, 0.25) is 0 Å². The Bertz CT molecular complexity index is 500. The molecule has 1 saturated heterocycles. The van der Waals surface area contributed by atoms with E-state index in [1.165, 1.54) is 81.6 Å². The zero-order valence-electron chi connectivity index (χ0n) is 14.8. The molecule has 0 bridgehead atoms. The lowest BCUT2D eigenvalue weighted by atomic mass is 9.86. The normalized spacial score (nSPS) is 26.5. The Morgan fingerprint density at radius 1 is 1.00 bits per heavy atom. The third-order valence-electron chi connectivity index (χ3n) is 5.96. The molecule has 1 heterocycles. The Morgan fingerprint density at radius 3 is 2.39 bits per heavy atom. The summed E-state index contributed by atoms with van der Waals surface area (Å²) in [7, 11) is 0. The molecule has 0 atom stereocenters. The predicted octanol–water partition coefficient (Wildman–Crippen LogP) is 4.30. The summed E-state index contributed by atoms with van der Waals surface area (Å²) in [4.78, 5) is 5.25. The molecule has 23 heavy (non-hydrogen) atoms. The quantitative estimate of drug-likeness (QED) is 0.821. The number of thiol groups is 1. The molecule has 1 aromatic rings. The molecule has 1 aliphatic carbocycles. The van der Waals surface area contributed by atoms with Gasteiger partial charge in [-0.3, -0.25) is 4.90 Å². The first-order chi connectivity index (χ1) is 11.1. The van der Waals surface area contributed by atoms with Crippen molar-refractivity contribution in [3.8, 4) is 0 Å². The summed E-state index contributed by atoms with van der Waals surface area (Å²) in [5.41, 5.74) is 4.30. The van der Waals surface area contributed by atoms with Crippen LogP contribution in [0, 0.1) is 19.8 Å². The van der Waals surface area contributed by atoms with Crippen LogP contribution in [-0.2, 0) is 0 Å². The van der Waals surface area contributed by atoms with Gasteiger partial charge in [-0.05, 0) is 75.6 Å². The van der Waals surface area contributed by atoms with Crippen molar-refractivity contribution >= 4 is 18.3 Å². The van der Waals surface area contributed by atoms with E-state index in [9.17, 15) is 0 Å². The summed E-state index contributed by atoms with van der Waals surface area (Å²) in [6.07, 6.45) is 6.85. The molecule has 0 amide bonds. The van der Waals surface area contributed by atoms with Crippen LogP contribution in [-0.4, -0.2) is 42.9 Å². The van der Waals surface area contributed by atoms with Crippen LogP contribution in [0.4, 0.5) is 5.69 Å². The highest BCUT2D eigenvalue weighted by molar-refractivity contribution is 7.80. The topological polar surface area (TPSA) is 6.48 Å². The van der Waals surface area contributed by atoms with Gasteiger partial charge in [-0.15, -0.1) is 0 Å². The van der Waals surface area contributed by atoms with Crippen molar-refractivity contribution in [2.75, 3.05) is 37.6 Å². The van der Waals surface area contributed by atoms with Gasteiger partial charge in [-0.2, -0.15) is 12.6 Å². The summed E-state index contributed by atoms with van der Waals surface area (Å²) in [5.74, 6) is 0.954. The third kappa shape index (κ3) is 4.45. The molecule has 0 N–H and O–H groups in total. The molecule has 0 unspecified atom stereocenters. The first-order valence-corrected chi connectivity index (χ1v) is 9.86. The number of piperazine rings is 1. The minimum Gasteiger partial charge on any atom is -0.369 e. The average Bonchev–Trinajstić information content (AvgIpc) is 2.57. The first-order valence-electron chi connectivity index (χ1n) is 9.35. The SMILES string of the molecule is Cc1cccc(N2CCN(CCC3CCC(S)CC3)CC2)c1C. The number of anilines is 1. The second-order valence-electron chi connectivity index (χ2n) is 7.51. The summed E-state index contributed by atoms with van der Waals surface area (Å²) in [6, 6.07) is 6.70. The fourth-order valence-electron chi connectivity index (χ4n) is 4.09. The Labute approximate surface area is 147 Å². The van der Waals surface area contributed by atoms with Gasteiger partial charge < -0.3 is 4.90 Å². The maximum Gasteiger partial charge on any atom is 0.0399 e. The number of hydrogen-bond donors (Lipinski definition) is 1. The lowest BCUT2D eigenvalue weighted by Gasteiger charge is -2.38. The van der Waals surface area contributed by atoms with Gasteiger partial charge in [0.25, 0.3) is 0 Å². The maximum atomic E-state index is 4.62. The van der Waals surface area contributed by atoms with Gasteiger partial charge in [0, 0.05) is 37.1 Å². The highest BCUT2D eigenvalue weighted by atomic mass is 32.1. The number of rotatable bonds is 4. The van der Waals surface area contributed by atoms with E-state index in [-0.39, 0.29) is 0 Å². The van der Waals surface area contributed by atoms with Crippen LogP contribution >= 0.6 is 12.6 Å². The Hall–Kier alpha value is -0.670. The van der Waals surface area contributed by atoms with E-state index >= 15 is 0 Å². The molecule has 2 nitrogen and oxygen atoms in total. The van der Waals surface area contributed by atoms with Crippen molar-refractivity contribution in [2.24, 2.45) is 5.92 Å². The van der Waals surface area contributed by atoms with Gasteiger partial charge in [0.15, 0.2) is 0 Å². The van der Waals surface area contributed by atoms with Crippen molar-refractivity contribution < 1.29 is 0 Å². The van der Waals surface area contributed by atoms with E-state index in [0.29, 0.717) is 5.25 Å². The molecule has 3 heteroatoms. The van der Waals surface area contributed by atoms with Gasteiger partial charge in [0.1, 0.15) is 0 Å². The molecule has 1 saturated carbocycles. The number of benzene rings is 1. The van der Waals surface area contributed by atoms with Gasteiger partial charge in [-0.25, -0.2) is 0 Å². The minimum atomic E-state index is 0.673. The van der Waals surface area contributed by atoms with Crippen LogP contribution in [0.2, 0.25) is 0 Å². The lowest BCUT2D eigenvalue weighted by Crippen LogP contribution is -2.47. The summed E-state index contributed by atoms with van der Waals surface area (Å²) in [5, 5.41) is 0.673. The molecule has 3 rings (SSSR count). The number of nitrogens with zero attached hydrogens (tertiary/aromatic N) is 2. The summed E-state index contributed by atoms with van der Waals surface area (Å²) >= 11 is 4.62. The Kier molecular flexibility index (Phi) is 5.92. The second kappa shape index (κ2) is 7.94. The van der Waals surface area contributed by atoms with Crippen molar-refractivity contribution in [3.05, 3.63) is 29.3 Å². The molecule has 2 fully saturated rings. The maximum absolute atomic E-state index is 4.62. The van der Waals surface area contributed by atoms with E-state index in [2.05, 4.69) is 54.5 Å². The van der Waals surface area contributed by atoms with Gasteiger partial charge >= 0.3 is 0 Å². The zero-order chi connectivity index (χ0) is 16.2. The Morgan fingerprint density at radius 2 is 1.70 bits per heavy atom. The van der Waals surface area contributed by atoms with Crippen molar-refractivity contribution in [3.63, 3.8) is 0 Å². The zero-order valence-corrected chi connectivity index (χ0v) is 15.7. The van der Waals surface area contributed by atoms with Gasteiger partial charge in [-0.1, -0.05) is 12.1 Å². The molecular formula is C20H32N2S. The lowest BCUT2D eigenvalue weighted by molar-refractivity contribution is 0.222. The predicted molar refractivity (Wildman–Crippen MR) is 104 cm³/mol. The molecule has 1 aliphatic heterocycles. The monoisotopic (exact) mass is 332 g/mol. The molecule has 2 aliphatic rings. The largest absolute Gasteiger partial charge is 0.369 e. The van der Waals surface area contributed by atoms with Crippen LogP contribution in [0.5, 0.6) is 0 Å². The molecule has 128 valence electrons. The van der Waals surface area contributed by atoms with Crippen LogP contribution in [0.25, 0.3) is 0 Å². The van der Waals surface area contributed by atoms with Crippen molar-refractivity contribution in [1.82, 2.24) is 4.90 Å². The first kappa shape index (κ1) is 17.2. The number of aryl methyl sites for hydroxylation is 1. The van der Waals surface area contributed by atoms with Crippen LogP contribution in [0.15, 0.2) is 18.2 Å². The second-order valence-corrected chi connectivity index (χ2v) is 8.24. The highest BCUT2D eigenvalue weighted by Gasteiger charge is 2.22. The molecule has 0 aromatic heterocycles. The highest BCUT2D eigenvalue weighted by Crippen LogP contribution is 2.30. The molecule has 0 spiro atoms. The van der Waals surface area contributed by atoms with Crippen LogP contribution in [0.3, 0.4) is 0 Å². The van der Waals surface area contributed by atoms with E-state index < -0.39 is 0 Å². The smallest absolute Gasteiger partial charge is 0.0399 e. The fraction of sp³-hybridized carbons (Fsp3) is 0.700. The average molecular weight is 333 g/mol. The summed E-state index contributed by atoms with van der Waals surface area (Å²) in [6.45, 7) is 10.6. The third-order valence-corrected chi connectivity index (χ3v) is 6.48. The van der Waals surface area contributed by atoms with Crippen molar-refractivity contribution in [1.29, 1.82) is 0 Å². The minimum absolute atomic E-state index is 0.673. The molecular weight excluding hydrogens is 300 g/mol. The van der Waals surface area contributed by atoms with E-state index in [1.54, 1.807) is 0 Å². The van der Waals surface area contributed by atoms with E-state index in [0.717, 1.165) is 5.92 Å².